The molecule has 0 spiro atoms. The molecule has 2 bridgehead atoms. The smallest absolute Gasteiger partial charge is 0.308 e. The Morgan fingerprint density at radius 1 is 1.24 bits per heavy atom. The summed E-state index contributed by atoms with van der Waals surface area (Å²) in [5.41, 5.74) is 0.772. The summed E-state index contributed by atoms with van der Waals surface area (Å²) in [5, 5.41) is 13.3. The maximum Gasteiger partial charge on any atom is 0.308 e. The maximum absolute atomic E-state index is 11.8. The Morgan fingerprint density at radius 2 is 1.96 bits per heavy atom. The van der Waals surface area contributed by atoms with Crippen molar-refractivity contribution < 1.29 is 9.90 Å². The number of hydrogen-bond donors (Lipinski definition) is 2. The van der Waals surface area contributed by atoms with E-state index < -0.39 is 5.97 Å². The number of nitrogens with one attached hydrogen (secondary N) is 1. The van der Waals surface area contributed by atoms with E-state index in [0.717, 1.165) is 36.3 Å². The fourth-order valence-electron chi connectivity index (χ4n) is 4.37. The Labute approximate surface area is 155 Å². The molecule has 2 aromatic rings. The first kappa shape index (κ1) is 16.8. The van der Waals surface area contributed by atoms with Gasteiger partial charge >= 0.3 is 5.97 Å². The Morgan fingerprint density at radius 3 is 2.60 bits per heavy atom. The number of halogens is 1. The number of aryl methyl sites for hydroxylation is 1. The molecule has 5 rings (SSSR count). The van der Waals surface area contributed by atoms with Crippen molar-refractivity contribution in [2.75, 3.05) is 5.32 Å². The summed E-state index contributed by atoms with van der Waals surface area (Å²) in [6, 6.07) is 5.85. The first-order valence-corrected chi connectivity index (χ1v) is 9.81. The highest BCUT2D eigenvalue weighted by Gasteiger charge is 2.47. The molecule has 0 saturated heterocycles. The van der Waals surface area contributed by atoms with Crippen LogP contribution in [0.1, 0.15) is 30.6 Å². The van der Waals surface area contributed by atoms with Gasteiger partial charge in [-0.05, 0) is 68.2 Å². The summed E-state index contributed by atoms with van der Waals surface area (Å²) in [6.07, 6.45) is 4.21. The van der Waals surface area contributed by atoms with Crippen LogP contribution < -0.4 is 5.32 Å². The lowest BCUT2D eigenvalue weighted by atomic mass is 9.61. The number of rotatable bonds is 4. The molecule has 3 aliphatic rings. The lowest BCUT2D eigenvalue weighted by molar-refractivity contribution is -0.148. The SMILES string of the molecule is Cc1ccc(-c2cc(NC3C4CCC(CC4)C3C(=O)O)nc(Cl)n2)s1. The average molecular weight is 378 g/mol. The van der Waals surface area contributed by atoms with Crippen LogP contribution in [0.25, 0.3) is 10.6 Å². The van der Waals surface area contributed by atoms with Gasteiger partial charge in [-0.2, -0.15) is 0 Å². The molecular weight excluding hydrogens is 358 g/mol. The third-order valence-corrected chi connectivity index (χ3v) is 6.70. The number of aliphatic carboxylic acids is 1. The molecule has 2 atom stereocenters. The second-order valence-corrected chi connectivity index (χ2v) is 8.65. The van der Waals surface area contributed by atoms with Gasteiger partial charge in [0.2, 0.25) is 5.28 Å². The van der Waals surface area contributed by atoms with E-state index in [1.807, 2.05) is 25.1 Å². The van der Waals surface area contributed by atoms with Crippen molar-refractivity contribution >= 4 is 34.7 Å². The normalized spacial score (nSPS) is 28.1. The molecule has 132 valence electrons. The number of anilines is 1. The molecular formula is C18H20ClN3O2S. The highest BCUT2D eigenvalue weighted by atomic mass is 35.5. The van der Waals surface area contributed by atoms with E-state index >= 15 is 0 Å². The molecule has 3 fully saturated rings. The van der Waals surface area contributed by atoms with Gasteiger partial charge in [-0.15, -0.1) is 11.3 Å². The monoisotopic (exact) mass is 377 g/mol. The quantitative estimate of drug-likeness (QED) is 0.769. The van der Waals surface area contributed by atoms with Crippen molar-refractivity contribution in [2.24, 2.45) is 17.8 Å². The summed E-state index contributed by atoms with van der Waals surface area (Å²) >= 11 is 7.78. The molecule has 5 nitrogen and oxygen atoms in total. The van der Waals surface area contributed by atoms with E-state index in [0.29, 0.717) is 11.7 Å². The van der Waals surface area contributed by atoms with Gasteiger partial charge in [-0.3, -0.25) is 4.79 Å². The van der Waals surface area contributed by atoms with Gasteiger partial charge in [-0.1, -0.05) is 0 Å². The minimum Gasteiger partial charge on any atom is -0.481 e. The second-order valence-electron chi connectivity index (χ2n) is 7.03. The van der Waals surface area contributed by atoms with E-state index in [4.69, 9.17) is 11.6 Å². The first-order chi connectivity index (χ1) is 12.0. The zero-order valence-electron chi connectivity index (χ0n) is 13.9. The van der Waals surface area contributed by atoms with E-state index in [9.17, 15) is 9.90 Å². The van der Waals surface area contributed by atoms with Crippen molar-refractivity contribution in [3.63, 3.8) is 0 Å². The molecule has 2 heterocycles. The van der Waals surface area contributed by atoms with Gasteiger partial charge in [-0.25, -0.2) is 9.97 Å². The van der Waals surface area contributed by atoms with Crippen LogP contribution in [0.5, 0.6) is 0 Å². The molecule has 7 heteroatoms. The van der Waals surface area contributed by atoms with E-state index in [2.05, 4.69) is 15.3 Å². The largest absolute Gasteiger partial charge is 0.481 e. The predicted octanol–water partition coefficient (Wildman–Crippen LogP) is 4.47. The Bertz CT molecular complexity index is 801. The zero-order valence-corrected chi connectivity index (χ0v) is 15.5. The number of carbonyl (C=O) groups is 1. The molecule has 3 saturated carbocycles. The standard InChI is InChI=1S/C18H20ClN3O2S/c1-9-2-7-13(25-9)12-8-14(22-18(19)20-12)21-16-11-5-3-10(4-6-11)15(16)17(23)24/h2,7-8,10-11,15-16H,3-6H2,1H3,(H,23,24)(H,20,21,22). The Kier molecular flexibility index (Phi) is 4.41. The van der Waals surface area contributed by atoms with Crippen molar-refractivity contribution in [1.82, 2.24) is 9.97 Å². The number of aromatic nitrogens is 2. The lowest BCUT2D eigenvalue weighted by Crippen LogP contribution is -2.51. The van der Waals surface area contributed by atoms with Crippen molar-refractivity contribution in [3.05, 3.63) is 28.4 Å². The number of carboxylic acid groups (broad SMARTS) is 1. The number of hydrogen-bond acceptors (Lipinski definition) is 5. The third kappa shape index (κ3) is 3.25. The molecule has 25 heavy (non-hydrogen) atoms. The fourth-order valence-corrected chi connectivity index (χ4v) is 5.38. The summed E-state index contributed by atoms with van der Waals surface area (Å²) in [4.78, 5) is 22.7. The molecule has 2 aromatic heterocycles. The molecule has 0 radical (unpaired) electrons. The number of nitrogens with zero attached hydrogens (tertiary/aromatic N) is 2. The average Bonchev–Trinajstić information content (AvgIpc) is 3.01. The molecule has 3 aliphatic carbocycles. The third-order valence-electron chi connectivity index (χ3n) is 5.51. The van der Waals surface area contributed by atoms with Gasteiger partial charge < -0.3 is 10.4 Å². The van der Waals surface area contributed by atoms with Crippen molar-refractivity contribution in [1.29, 1.82) is 0 Å². The molecule has 0 aromatic carbocycles. The van der Waals surface area contributed by atoms with Gasteiger partial charge in [0.15, 0.2) is 0 Å². The van der Waals surface area contributed by atoms with Gasteiger partial charge in [0.05, 0.1) is 16.5 Å². The summed E-state index contributed by atoms with van der Waals surface area (Å²) in [6.45, 7) is 2.05. The van der Waals surface area contributed by atoms with Gasteiger partial charge in [0.1, 0.15) is 5.82 Å². The maximum atomic E-state index is 11.8. The predicted molar refractivity (Wildman–Crippen MR) is 99.1 cm³/mol. The lowest BCUT2D eigenvalue weighted by Gasteiger charge is -2.47. The molecule has 2 unspecified atom stereocenters. The summed E-state index contributed by atoms with van der Waals surface area (Å²) in [7, 11) is 0. The second kappa shape index (κ2) is 6.57. The number of thiophene rings is 1. The highest BCUT2D eigenvalue weighted by molar-refractivity contribution is 7.15. The van der Waals surface area contributed by atoms with Crippen LogP contribution in [0.3, 0.4) is 0 Å². The van der Waals surface area contributed by atoms with E-state index in [1.165, 1.54) is 4.88 Å². The number of carboxylic acids is 1. The number of fused-ring (bicyclic) bond motifs is 3. The topological polar surface area (TPSA) is 75.1 Å². The van der Waals surface area contributed by atoms with Crippen LogP contribution in [-0.4, -0.2) is 27.1 Å². The highest BCUT2D eigenvalue weighted by Crippen LogP contribution is 2.46. The summed E-state index contributed by atoms with van der Waals surface area (Å²) < 4.78 is 0. The van der Waals surface area contributed by atoms with Crippen molar-refractivity contribution in [3.8, 4) is 10.6 Å². The molecule has 2 N–H and O–H groups in total. The summed E-state index contributed by atoms with van der Waals surface area (Å²) in [5.74, 6) is 0.198. The van der Waals surface area contributed by atoms with Crippen LogP contribution in [-0.2, 0) is 4.79 Å². The van der Waals surface area contributed by atoms with Crippen LogP contribution in [0.15, 0.2) is 18.2 Å². The van der Waals surface area contributed by atoms with Crippen LogP contribution >= 0.6 is 22.9 Å². The van der Waals surface area contributed by atoms with Crippen LogP contribution in [0.4, 0.5) is 5.82 Å². The van der Waals surface area contributed by atoms with Gasteiger partial charge in [0, 0.05) is 17.0 Å². The first-order valence-electron chi connectivity index (χ1n) is 8.62. The molecule has 0 aliphatic heterocycles. The molecule has 0 amide bonds. The van der Waals surface area contributed by atoms with Crippen molar-refractivity contribution in [2.45, 2.75) is 38.6 Å². The fraction of sp³-hybridized carbons (Fsp3) is 0.500. The van der Waals surface area contributed by atoms with Gasteiger partial charge in [0.25, 0.3) is 0 Å². The minimum atomic E-state index is -0.707. The Hall–Kier alpha value is -1.66. The van der Waals surface area contributed by atoms with E-state index in [1.54, 1.807) is 11.3 Å². The van der Waals surface area contributed by atoms with Crippen LogP contribution in [0.2, 0.25) is 5.28 Å². The minimum absolute atomic E-state index is 0.0890. The zero-order chi connectivity index (χ0) is 17.6. The van der Waals surface area contributed by atoms with Crippen LogP contribution in [0, 0.1) is 24.7 Å². The Balaban J connectivity index is 1.63. The van der Waals surface area contributed by atoms with E-state index in [-0.39, 0.29) is 23.2 Å².